The molecule has 0 spiro atoms. The Hall–Kier alpha value is -0.770. The molecule has 1 amide bonds. The molecule has 76 valence electrons. The second-order valence-electron chi connectivity index (χ2n) is 4.40. The number of methoxy groups -OCH3 is 1. The normalized spacial score (nSPS) is 28.5. The third-order valence-electron chi connectivity index (χ3n) is 2.29. The zero-order chi connectivity index (χ0) is 10.1. The largest absolute Gasteiger partial charge is 0.447 e. The highest BCUT2D eigenvalue weighted by molar-refractivity contribution is 5.70. The van der Waals surface area contributed by atoms with Crippen molar-refractivity contribution < 1.29 is 14.3 Å². The molecule has 1 fully saturated rings. The standard InChI is InChI=1S/C9H17NO3/c1-8(2,12-4)5-9(3)6-13-7(11)10-9/h5-6H2,1-4H3,(H,10,11). The molecule has 1 saturated heterocycles. The molecule has 0 aliphatic carbocycles. The van der Waals surface area contributed by atoms with E-state index in [9.17, 15) is 4.79 Å². The van der Waals surface area contributed by atoms with Crippen LogP contribution in [-0.2, 0) is 9.47 Å². The predicted octanol–water partition coefficient (Wildman–Crippen LogP) is 1.30. The number of ether oxygens (including phenoxy) is 2. The first kappa shape index (κ1) is 10.3. The molecule has 1 N–H and O–H groups in total. The van der Waals surface area contributed by atoms with Crippen LogP contribution in [-0.4, -0.2) is 30.9 Å². The number of cyclic esters (lactones) is 1. The lowest BCUT2D eigenvalue weighted by Gasteiger charge is -2.31. The lowest BCUT2D eigenvalue weighted by atomic mass is 9.89. The van der Waals surface area contributed by atoms with Crippen molar-refractivity contribution in [3.05, 3.63) is 0 Å². The fraction of sp³-hybridized carbons (Fsp3) is 0.889. The average molecular weight is 187 g/mol. The molecule has 4 heteroatoms. The fourth-order valence-electron chi connectivity index (χ4n) is 1.65. The number of carbonyl (C=O) groups excluding carboxylic acids is 1. The van der Waals surface area contributed by atoms with Crippen LogP contribution in [0.5, 0.6) is 0 Å². The fourth-order valence-corrected chi connectivity index (χ4v) is 1.65. The van der Waals surface area contributed by atoms with Crippen molar-refractivity contribution in [1.82, 2.24) is 5.32 Å². The molecule has 1 heterocycles. The predicted molar refractivity (Wildman–Crippen MR) is 48.6 cm³/mol. The zero-order valence-corrected chi connectivity index (χ0v) is 8.64. The van der Waals surface area contributed by atoms with Crippen molar-refractivity contribution in [1.29, 1.82) is 0 Å². The maximum Gasteiger partial charge on any atom is 0.407 e. The monoisotopic (exact) mass is 187 g/mol. The van der Waals surface area contributed by atoms with E-state index in [1.807, 2.05) is 20.8 Å². The Bertz CT molecular complexity index is 215. The Labute approximate surface area is 78.6 Å². The van der Waals surface area contributed by atoms with E-state index >= 15 is 0 Å². The molecule has 13 heavy (non-hydrogen) atoms. The Kier molecular flexibility index (Phi) is 2.52. The van der Waals surface area contributed by atoms with E-state index in [2.05, 4.69) is 5.32 Å². The first-order chi connectivity index (χ1) is 5.87. The summed E-state index contributed by atoms with van der Waals surface area (Å²) in [7, 11) is 1.67. The van der Waals surface area contributed by atoms with Gasteiger partial charge in [-0.1, -0.05) is 0 Å². The lowest BCUT2D eigenvalue weighted by Crippen LogP contribution is -2.46. The number of amides is 1. The molecule has 1 aliphatic rings. The van der Waals surface area contributed by atoms with Gasteiger partial charge in [0.05, 0.1) is 11.1 Å². The molecule has 0 aromatic rings. The van der Waals surface area contributed by atoms with Crippen LogP contribution in [0, 0.1) is 0 Å². The van der Waals surface area contributed by atoms with Gasteiger partial charge in [-0.15, -0.1) is 0 Å². The first-order valence-corrected chi connectivity index (χ1v) is 4.37. The van der Waals surface area contributed by atoms with Gasteiger partial charge in [0.1, 0.15) is 6.61 Å². The maximum absolute atomic E-state index is 10.9. The van der Waals surface area contributed by atoms with Crippen LogP contribution in [0.25, 0.3) is 0 Å². The summed E-state index contributed by atoms with van der Waals surface area (Å²) >= 11 is 0. The average Bonchev–Trinajstić information content (AvgIpc) is 2.30. The van der Waals surface area contributed by atoms with Gasteiger partial charge in [-0.05, 0) is 20.8 Å². The highest BCUT2D eigenvalue weighted by atomic mass is 16.6. The van der Waals surface area contributed by atoms with E-state index in [0.717, 1.165) is 6.42 Å². The molecule has 0 saturated carbocycles. The molecule has 0 aromatic carbocycles. The van der Waals surface area contributed by atoms with Gasteiger partial charge >= 0.3 is 6.09 Å². The van der Waals surface area contributed by atoms with E-state index in [-0.39, 0.29) is 17.2 Å². The van der Waals surface area contributed by atoms with Crippen LogP contribution < -0.4 is 5.32 Å². The van der Waals surface area contributed by atoms with Gasteiger partial charge in [-0.3, -0.25) is 0 Å². The zero-order valence-electron chi connectivity index (χ0n) is 8.64. The summed E-state index contributed by atoms with van der Waals surface area (Å²) < 4.78 is 10.1. The van der Waals surface area contributed by atoms with E-state index in [1.165, 1.54) is 0 Å². The summed E-state index contributed by atoms with van der Waals surface area (Å²) in [5.74, 6) is 0. The van der Waals surface area contributed by atoms with Crippen LogP contribution in [0.2, 0.25) is 0 Å². The summed E-state index contributed by atoms with van der Waals surface area (Å²) in [6.45, 7) is 6.35. The minimum Gasteiger partial charge on any atom is -0.447 e. The number of carbonyl (C=O) groups is 1. The molecular formula is C9H17NO3. The van der Waals surface area contributed by atoms with Crippen molar-refractivity contribution in [2.24, 2.45) is 0 Å². The quantitative estimate of drug-likeness (QED) is 0.724. The number of alkyl carbamates (subject to hydrolysis) is 1. The minimum absolute atomic E-state index is 0.240. The number of nitrogens with one attached hydrogen (secondary N) is 1. The highest BCUT2D eigenvalue weighted by Crippen LogP contribution is 2.26. The Morgan fingerprint density at radius 2 is 2.31 bits per heavy atom. The van der Waals surface area contributed by atoms with Crippen molar-refractivity contribution in [3.8, 4) is 0 Å². The molecule has 1 aliphatic heterocycles. The molecular weight excluding hydrogens is 170 g/mol. The molecule has 0 aromatic heterocycles. The Morgan fingerprint density at radius 3 is 2.69 bits per heavy atom. The van der Waals surface area contributed by atoms with Gasteiger partial charge in [0.2, 0.25) is 0 Å². The smallest absolute Gasteiger partial charge is 0.407 e. The van der Waals surface area contributed by atoms with Crippen LogP contribution in [0.4, 0.5) is 4.79 Å². The van der Waals surface area contributed by atoms with Gasteiger partial charge in [-0.25, -0.2) is 4.79 Å². The molecule has 0 radical (unpaired) electrons. The van der Waals surface area contributed by atoms with Gasteiger partial charge < -0.3 is 14.8 Å². The van der Waals surface area contributed by atoms with Gasteiger partial charge in [-0.2, -0.15) is 0 Å². The number of hydrogen-bond acceptors (Lipinski definition) is 3. The Balaban J connectivity index is 2.57. The summed E-state index contributed by atoms with van der Waals surface area (Å²) in [4.78, 5) is 10.9. The SMILES string of the molecule is COC(C)(C)CC1(C)COC(=O)N1. The lowest BCUT2D eigenvalue weighted by molar-refractivity contribution is -0.00492. The van der Waals surface area contributed by atoms with Gasteiger partial charge in [0.15, 0.2) is 0 Å². The molecule has 1 unspecified atom stereocenters. The second-order valence-corrected chi connectivity index (χ2v) is 4.40. The number of hydrogen-bond donors (Lipinski definition) is 1. The minimum atomic E-state index is -0.339. The Morgan fingerprint density at radius 1 is 1.69 bits per heavy atom. The van der Waals surface area contributed by atoms with Crippen LogP contribution in [0.15, 0.2) is 0 Å². The molecule has 1 atom stereocenters. The van der Waals surface area contributed by atoms with E-state index in [1.54, 1.807) is 7.11 Å². The summed E-state index contributed by atoms with van der Waals surface area (Å²) in [6, 6.07) is 0. The third kappa shape index (κ3) is 2.59. The van der Waals surface area contributed by atoms with Crippen LogP contribution >= 0.6 is 0 Å². The summed E-state index contributed by atoms with van der Waals surface area (Å²) in [6.07, 6.45) is 0.400. The van der Waals surface area contributed by atoms with E-state index in [0.29, 0.717) is 6.61 Å². The summed E-state index contributed by atoms with van der Waals surface area (Å²) in [5, 5.41) is 2.78. The third-order valence-corrected chi connectivity index (χ3v) is 2.29. The van der Waals surface area contributed by atoms with E-state index < -0.39 is 0 Å². The van der Waals surface area contributed by atoms with Crippen LogP contribution in [0.3, 0.4) is 0 Å². The topological polar surface area (TPSA) is 47.6 Å². The molecule has 1 rings (SSSR count). The number of rotatable bonds is 3. The van der Waals surface area contributed by atoms with Gasteiger partial charge in [0, 0.05) is 13.5 Å². The first-order valence-electron chi connectivity index (χ1n) is 4.37. The van der Waals surface area contributed by atoms with Crippen LogP contribution in [0.1, 0.15) is 27.2 Å². The molecule has 4 nitrogen and oxygen atoms in total. The van der Waals surface area contributed by atoms with Crippen molar-refractivity contribution >= 4 is 6.09 Å². The highest BCUT2D eigenvalue weighted by Gasteiger charge is 2.39. The maximum atomic E-state index is 10.9. The second kappa shape index (κ2) is 3.18. The van der Waals surface area contributed by atoms with Crippen molar-refractivity contribution in [3.63, 3.8) is 0 Å². The van der Waals surface area contributed by atoms with Crippen molar-refractivity contribution in [2.75, 3.05) is 13.7 Å². The summed E-state index contributed by atoms with van der Waals surface area (Å²) in [5.41, 5.74) is -0.535. The van der Waals surface area contributed by atoms with Gasteiger partial charge in [0.25, 0.3) is 0 Å². The van der Waals surface area contributed by atoms with Crippen molar-refractivity contribution in [2.45, 2.75) is 38.3 Å². The van der Waals surface area contributed by atoms with E-state index in [4.69, 9.17) is 9.47 Å². The molecule has 0 bridgehead atoms.